The first-order chi connectivity index (χ1) is 9.08. The minimum absolute atomic E-state index is 0.344. The minimum Gasteiger partial charge on any atom is -0.384 e. The van der Waals surface area contributed by atoms with Crippen molar-refractivity contribution in [3.63, 3.8) is 0 Å². The van der Waals surface area contributed by atoms with Crippen molar-refractivity contribution < 1.29 is 4.74 Å². The van der Waals surface area contributed by atoms with Crippen LogP contribution in [0.1, 0.15) is 10.7 Å². The van der Waals surface area contributed by atoms with Crippen LogP contribution in [0.2, 0.25) is 4.34 Å². The Morgan fingerprint density at radius 3 is 2.84 bits per heavy atom. The topological polar surface area (TPSA) is 64.3 Å². The van der Waals surface area contributed by atoms with Gasteiger partial charge in [-0.15, -0.1) is 11.3 Å². The van der Waals surface area contributed by atoms with Gasteiger partial charge >= 0.3 is 0 Å². The van der Waals surface area contributed by atoms with Crippen LogP contribution in [-0.2, 0) is 17.9 Å². The Labute approximate surface area is 121 Å². The lowest BCUT2D eigenvalue weighted by atomic mass is 10.4. The molecule has 0 saturated heterocycles. The standard InChI is InChI=1S/C12H15ClN4OS/c1-17(6-8-3-4-9(13)19-8)12-5-10(14)15-11(16-12)7-18-2/h3-5H,6-7H2,1-2H3,(H2,14,15,16). The Balaban J connectivity index is 2.15. The number of nitrogen functional groups attached to an aromatic ring is 1. The summed E-state index contributed by atoms with van der Waals surface area (Å²) in [6.45, 7) is 1.07. The number of hydrogen-bond acceptors (Lipinski definition) is 6. The average molecular weight is 299 g/mol. The van der Waals surface area contributed by atoms with Gasteiger partial charge in [-0.2, -0.15) is 0 Å². The Morgan fingerprint density at radius 2 is 2.21 bits per heavy atom. The zero-order valence-corrected chi connectivity index (χ0v) is 12.3. The molecule has 0 saturated carbocycles. The van der Waals surface area contributed by atoms with E-state index in [1.807, 2.05) is 24.1 Å². The van der Waals surface area contributed by atoms with Gasteiger partial charge in [0.1, 0.15) is 18.2 Å². The molecule has 0 spiro atoms. The van der Waals surface area contributed by atoms with E-state index in [1.165, 1.54) is 0 Å². The highest BCUT2D eigenvalue weighted by Crippen LogP contribution is 2.24. The van der Waals surface area contributed by atoms with Gasteiger partial charge in [-0.25, -0.2) is 9.97 Å². The molecule has 102 valence electrons. The molecule has 0 amide bonds. The maximum absolute atomic E-state index is 5.92. The summed E-state index contributed by atoms with van der Waals surface area (Å²) in [5.74, 6) is 1.78. The first-order valence-corrected chi connectivity index (χ1v) is 6.85. The molecule has 5 nitrogen and oxygen atoms in total. The van der Waals surface area contributed by atoms with Crippen molar-refractivity contribution in [2.75, 3.05) is 24.8 Å². The molecule has 0 aliphatic carbocycles. The van der Waals surface area contributed by atoms with Crippen molar-refractivity contribution in [1.29, 1.82) is 0 Å². The molecule has 0 atom stereocenters. The monoisotopic (exact) mass is 298 g/mol. The molecular weight excluding hydrogens is 284 g/mol. The summed E-state index contributed by atoms with van der Waals surface area (Å²) in [7, 11) is 3.55. The third-order valence-electron chi connectivity index (χ3n) is 2.47. The van der Waals surface area contributed by atoms with Crippen molar-refractivity contribution in [1.82, 2.24) is 9.97 Å². The van der Waals surface area contributed by atoms with E-state index >= 15 is 0 Å². The Bertz CT molecular complexity index is 560. The van der Waals surface area contributed by atoms with Crippen LogP contribution in [0, 0.1) is 0 Å². The summed E-state index contributed by atoms with van der Waals surface area (Å²) in [5.41, 5.74) is 5.77. The second kappa shape index (κ2) is 6.18. The maximum Gasteiger partial charge on any atom is 0.158 e. The molecule has 0 bridgehead atoms. The van der Waals surface area contributed by atoms with Crippen molar-refractivity contribution in [2.45, 2.75) is 13.2 Å². The highest BCUT2D eigenvalue weighted by Gasteiger charge is 2.09. The fraction of sp³-hybridized carbons (Fsp3) is 0.333. The number of halogens is 1. The number of methoxy groups -OCH3 is 1. The van der Waals surface area contributed by atoms with Crippen LogP contribution in [0.3, 0.4) is 0 Å². The fourth-order valence-corrected chi connectivity index (χ4v) is 2.78. The van der Waals surface area contributed by atoms with Gasteiger partial charge in [-0.3, -0.25) is 0 Å². The van der Waals surface area contributed by atoms with E-state index in [4.69, 9.17) is 22.1 Å². The molecule has 2 aromatic heterocycles. The van der Waals surface area contributed by atoms with Gasteiger partial charge in [0, 0.05) is 25.1 Å². The van der Waals surface area contributed by atoms with E-state index in [-0.39, 0.29) is 0 Å². The molecule has 7 heteroatoms. The maximum atomic E-state index is 5.92. The van der Waals surface area contributed by atoms with Gasteiger partial charge in [0.25, 0.3) is 0 Å². The van der Waals surface area contributed by atoms with E-state index in [2.05, 4.69) is 9.97 Å². The van der Waals surface area contributed by atoms with Crippen LogP contribution < -0.4 is 10.6 Å². The molecule has 19 heavy (non-hydrogen) atoms. The van der Waals surface area contributed by atoms with Crippen LogP contribution in [0.25, 0.3) is 0 Å². The van der Waals surface area contributed by atoms with Crippen molar-refractivity contribution >= 4 is 34.6 Å². The second-order valence-electron chi connectivity index (χ2n) is 4.06. The van der Waals surface area contributed by atoms with E-state index in [0.29, 0.717) is 18.2 Å². The summed E-state index contributed by atoms with van der Waals surface area (Å²) >= 11 is 7.47. The van der Waals surface area contributed by atoms with Gasteiger partial charge in [0.05, 0.1) is 10.9 Å². The molecule has 0 unspecified atom stereocenters. The minimum atomic E-state index is 0.344. The number of hydrogen-bond donors (Lipinski definition) is 1. The van der Waals surface area contributed by atoms with Crippen LogP contribution in [-0.4, -0.2) is 24.1 Å². The molecule has 0 radical (unpaired) electrons. The summed E-state index contributed by atoms with van der Waals surface area (Å²) in [6.07, 6.45) is 0. The van der Waals surface area contributed by atoms with Crippen LogP contribution >= 0.6 is 22.9 Å². The number of nitrogens with two attached hydrogens (primary N) is 1. The Hall–Kier alpha value is -1.37. The first kappa shape index (κ1) is 14.0. The molecule has 2 rings (SSSR count). The lowest BCUT2D eigenvalue weighted by Crippen LogP contribution is -2.18. The lowest BCUT2D eigenvalue weighted by Gasteiger charge is -2.18. The number of ether oxygens (including phenoxy) is 1. The van der Waals surface area contributed by atoms with E-state index in [9.17, 15) is 0 Å². The smallest absolute Gasteiger partial charge is 0.158 e. The average Bonchev–Trinajstić information content (AvgIpc) is 2.74. The predicted octanol–water partition coefficient (Wildman–Crippen LogP) is 2.56. The van der Waals surface area contributed by atoms with E-state index in [0.717, 1.165) is 21.6 Å². The fourth-order valence-electron chi connectivity index (χ4n) is 1.64. The molecule has 2 heterocycles. The summed E-state index contributed by atoms with van der Waals surface area (Å²) < 4.78 is 5.81. The zero-order valence-electron chi connectivity index (χ0n) is 10.8. The van der Waals surface area contributed by atoms with Crippen LogP contribution in [0.4, 0.5) is 11.6 Å². The Morgan fingerprint density at radius 1 is 1.42 bits per heavy atom. The normalized spacial score (nSPS) is 10.7. The summed E-state index contributed by atoms with van der Waals surface area (Å²) in [6, 6.07) is 5.64. The number of thiophene rings is 1. The molecular formula is C12H15ClN4OS. The van der Waals surface area contributed by atoms with Crippen molar-refractivity contribution in [3.05, 3.63) is 33.2 Å². The number of nitrogens with zero attached hydrogens (tertiary/aromatic N) is 3. The molecule has 2 N–H and O–H groups in total. The first-order valence-electron chi connectivity index (χ1n) is 5.66. The third-order valence-corrected chi connectivity index (χ3v) is 3.68. The van der Waals surface area contributed by atoms with Gasteiger partial charge in [-0.05, 0) is 12.1 Å². The van der Waals surface area contributed by atoms with Crippen LogP contribution in [0.5, 0.6) is 0 Å². The number of aromatic nitrogens is 2. The van der Waals surface area contributed by atoms with E-state index in [1.54, 1.807) is 24.5 Å². The Kier molecular flexibility index (Phi) is 4.57. The number of rotatable bonds is 5. The quantitative estimate of drug-likeness (QED) is 0.919. The largest absolute Gasteiger partial charge is 0.384 e. The highest BCUT2D eigenvalue weighted by molar-refractivity contribution is 7.16. The van der Waals surface area contributed by atoms with Gasteiger partial charge in [0.2, 0.25) is 0 Å². The molecule has 0 aromatic carbocycles. The SMILES string of the molecule is COCc1nc(N)cc(N(C)Cc2ccc(Cl)s2)n1. The van der Waals surface area contributed by atoms with Crippen molar-refractivity contribution in [2.24, 2.45) is 0 Å². The molecule has 2 aromatic rings. The lowest BCUT2D eigenvalue weighted by molar-refractivity contribution is 0.178. The van der Waals surface area contributed by atoms with E-state index < -0.39 is 0 Å². The van der Waals surface area contributed by atoms with Gasteiger partial charge in [0.15, 0.2) is 5.82 Å². The van der Waals surface area contributed by atoms with Gasteiger partial charge in [-0.1, -0.05) is 11.6 Å². The highest BCUT2D eigenvalue weighted by atomic mass is 35.5. The summed E-state index contributed by atoms with van der Waals surface area (Å²) in [4.78, 5) is 11.7. The second-order valence-corrected chi connectivity index (χ2v) is 5.86. The summed E-state index contributed by atoms with van der Waals surface area (Å²) in [5, 5.41) is 0. The third kappa shape index (κ3) is 3.79. The molecule has 0 fully saturated rings. The van der Waals surface area contributed by atoms with Crippen LogP contribution in [0.15, 0.2) is 18.2 Å². The predicted molar refractivity (Wildman–Crippen MR) is 78.6 cm³/mol. The molecule has 0 aliphatic heterocycles. The zero-order chi connectivity index (χ0) is 13.8. The molecule has 0 aliphatic rings. The van der Waals surface area contributed by atoms with Crippen molar-refractivity contribution in [3.8, 4) is 0 Å². The van der Waals surface area contributed by atoms with Gasteiger partial charge < -0.3 is 15.4 Å². The number of anilines is 2.